The maximum absolute atomic E-state index is 13.2. The van der Waals surface area contributed by atoms with Gasteiger partial charge in [0.05, 0.1) is 46.8 Å². The number of carbonyl (C=O) groups excluding carboxylic acids is 4. The number of carbonyl (C=O) groups is 4. The van der Waals surface area contributed by atoms with E-state index in [1.165, 1.54) is 66.2 Å². The molecule has 0 aliphatic carbocycles. The molecule has 0 unspecified atom stereocenters. The lowest BCUT2D eigenvalue weighted by molar-refractivity contribution is -0.160. The highest BCUT2D eigenvalue weighted by molar-refractivity contribution is 6.18. The van der Waals surface area contributed by atoms with Gasteiger partial charge >= 0.3 is 5.97 Å². The fraction of sp³-hybridized carbons (Fsp3) is 0.487. The topological polar surface area (TPSA) is 218 Å². The SMILES string of the molecule is CO[C@H]1/C=C/OC(C)(C)Oc2c(C)c(O)c3c(O)c(c(C=O)c(O)c3c2C=O)NC(=O)/C(C)=C\C=C\[C@H](C)[C@H](O)[C@@H](C)[C@@H](O)[C@@H](C)[C@H](OC(C)=O)[C@@H]1C. The number of amides is 1. The minimum atomic E-state index is -1.56. The van der Waals surface area contributed by atoms with Crippen molar-refractivity contribution in [2.24, 2.45) is 23.7 Å². The molecule has 1 amide bonds. The second-order valence-corrected chi connectivity index (χ2v) is 14.0. The number of fused-ring (bicyclic) bond motifs is 17. The summed E-state index contributed by atoms with van der Waals surface area (Å²) in [4.78, 5) is 50.4. The third kappa shape index (κ3) is 9.00. The van der Waals surface area contributed by atoms with Crippen molar-refractivity contribution in [2.45, 2.75) is 92.5 Å². The number of allylic oxidation sites excluding steroid dienone is 2. The van der Waals surface area contributed by atoms with Gasteiger partial charge < -0.3 is 49.8 Å². The molecule has 2 aliphatic heterocycles. The molecular formula is C39H51NO13. The van der Waals surface area contributed by atoms with Crippen molar-refractivity contribution in [3.8, 4) is 23.0 Å². The number of phenols is 3. The van der Waals surface area contributed by atoms with Gasteiger partial charge in [0.2, 0.25) is 5.79 Å². The lowest BCUT2D eigenvalue weighted by atomic mass is 9.78. The summed E-state index contributed by atoms with van der Waals surface area (Å²) in [7, 11) is 1.44. The molecule has 0 saturated heterocycles. The average Bonchev–Trinajstić information content (AvgIpc) is 3.10. The molecule has 0 saturated carbocycles. The molecule has 4 rings (SSSR count). The molecule has 0 spiro atoms. The Labute approximate surface area is 308 Å². The number of ether oxygens (including phenoxy) is 4. The summed E-state index contributed by atoms with van der Waals surface area (Å²) in [5.74, 6) is -7.85. The van der Waals surface area contributed by atoms with Crippen molar-refractivity contribution in [2.75, 3.05) is 12.4 Å². The first-order valence-electron chi connectivity index (χ1n) is 17.2. The minimum Gasteiger partial charge on any atom is -0.507 e. The summed E-state index contributed by atoms with van der Waals surface area (Å²) in [6.07, 6.45) is 4.04. The molecule has 6 N–H and O–H groups in total. The van der Waals surface area contributed by atoms with Crippen LogP contribution in [-0.4, -0.2) is 87.3 Å². The number of rotatable bonds is 4. The maximum atomic E-state index is 13.2. The van der Waals surface area contributed by atoms with E-state index in [0.29, 0.717) is 6.29 Å². The van der Waals surface area contributed by atoms with E-state index < -0.39 is 105 Å². The molecule has 0 fully saturated rings. The third-order valence-corrected chi connectivity index (χ3v) is 9.78. The highest BCUT2D eigenvalue weighted by Gasteiger charge is 2.39. The minimum absolute atomic E-state index is 0.0384. The van der Waals surface area contributed by atoms with Gasteiger partial charge in [0.1, 0.15) is 23.4 Å². The number of aliphatic hydroxyl groups excluding tert-OH is 2. The second kappa shape index (κ2) is 17.3. The number of phenolic OH excluding ortho intramolecular Hbond substituents is 3. The molecule has 2 aliphatic rings. The average molecular weight is 742 g/mol. The molecular weight excluding hydrogens is 690 g/mol. The van der Waals surface area contributed by atoms with Gasteiger partial charge in [-0.1, -0.05) is 45.9 Å². The van der Waals surface area contributed by atoms with Crippen LogP contribution in [0.4, 0.5) is 5.69 Å². The predicted octanol–water partition coefficient (Wildman–Crippen LogP) is 5.20. The Morgan fingerprint density at radius 1 is 0.887 bits per heavy atom. The second-order valence-electron chi connectivity index (χ2n) is 14.0. The molecule has 2 heterocycles. The van der Waals surface area contributed by atoms with Crippen LogP contribution in [0.15, 0.2) is 36.1 Å². The van der Waals surface area contributed by atoms with Crippen LogP contribution in [0.1, 0.15) is 81.7 Å². The van der Waals surface area contributed by atoms with E-state index in [1.807, 2.05) is 0 Å². The van der Waals surface area contributed by atoms with Crippen molar-refractivity contribution < 1.29 is 63.7 Å². The van der Waals surface area contributed by atoms with Gasteiger partial charge in [-0.15, -0.1) is 0 Å². The summed E-state index contributed by atoms with van der Waals surface area (Å²) < 4.78 is 23.4. The van der Waals surface area contributed by atoms with E-state index in [9.17, 15) is 44.7 Å². The van der Waals surface area contributed by atoms with Crippen molar-refractivity contribution in [3.05, 3.63) is 52.8 Å². The Kier molecular flexibility index (Phi) is 13.8. The Balaban J connectivity index is 2.29. The zero-order valence-electron chi connectivity index (χ0n) is 31.7. The van der Waals surface area contributed by atoms with E-state index in [1.54, 1.807) is 33.8 Å². The van der Waals surface area contributed by atoms with Crippen molar-refractivity contribution in [1.29, 1.82) is 0 Å². The highest BCUT2D eigenvalue weighted by Crippen LogP contribution is 2.51. The summed E-state index contributed by atoms with van der Waals surface area (Å²) in [5, 5.41) is 58.2. The van der Waals surface area contributed by atoms with Crippen LogP contribution in [0.2, 0.25) is 0 Å². The zero-order chi connectivity index (χ0) is 40.1. The fourth-order valence-corrected chi connectivity index (χ4v) is 6.55. The molecule has 53 heavy (non-hydrogen) atoms. The summed E-state index contributed by atoms with van der Waals surface area (Å²) in [6.45, 7) is 13.9. The Morgan fingerprint density at radius 3 is 2.08 bits per heavy atom. The van der Waals surface area contributed by atoms with E-state index in [2.05, 4.69) is 5.32 Å². The quantitative estimate of drug-likeness (QED) is 0.103. The number of aromatic hydroxyl groups is 3. The predicted molar refractivity (Wildman–Crippen MR) is 196 cm³/mol. The smallest absolute Gasteiger partial charge is 0.302 e. The van der Waals surface area contributed by atoms with Gasteiger partial charge in [0, 0.05) is 68.1 Å². The highest BCUT2D eigenvalue weighted by atomic mass is 16.7. The maximum Gasteiger partial charge on any atom is 0.302 e. The van der Waals surface area contributed by atoms with Gasteiger partial charge in [-0.25, -0.2) is 0 Å². The lowest BCUT2D eigenvalue weighted by Gasteiger charge is -2.38. The van der Waals surface area contributed by atoms with Gasteiger partial charge in [0.15, 0.2) is 18.3 Å². The molecule has 8 atom stereocenters. The normalized spacial score (nSPS) is 29.4. The number of nitrogens with one attached hydrogen (secondary N) is 1. The number of methoxy groups -OCH3 is 1. The van der Waals surface area contributed by atoms with E-state index in [4.69, 9.17) is 18.9 Å². The summed E-state index contributed by atoms with van der Waals surface area (Å²) >= 11 is 0. The van der Waals surface area contributed by atoms with Crippen LogP contribution in [0.3, 0.4) is 0 Å². The first kappa shape index (κ1) is 42.5. The van der Waals surface area contributed by atoms with Crippen LogP contribution in [-0.2, 0) is 23.8 Å². The van der Waals surface area contributed by atoms with Crippen LogP contribution < -0.4 is 10.1 Å². The van der Waals surface area contributed by atoms with Gasteiger partial charge in [-0.2, -0.15) is 0 Å². The first-order chi connectivity index (χ1) is 24.7. The molecule has 14 nitrogen and oxygen atoms in total. The molecule has 290 valence electrons. The number of aldehydes is 2. The summed E-state index contributed by atoms with van der Waals surface area (Å²) in [6, 6.07) is 0. The van der Waals surface area contributed by atoms with Crippen molar-refractivity contribution >= 4 is 40.9 Å². The van der Waals surface area contributed by atoms with Gasteiger partial charge in [-0.05, 0) is 19.9 Å². The van der Waals surface area contributed by atoms with Crippen molar-refractivity contribution in [3.63, 3.8) is 0 Å². The zero-order valence-corrected chi connectivity index (χ0v) is 31.7. The van der Waals surface area contributed by atoms with Gasteiger partial charge in [-0.3, -0.25) is 19.2 Å². The Bertz CT molecular complexity index is 1810. The number of anilines is 1. The molecule has 2 aromatic rings. The standard InChI is InChI=1S/C39H51NO13/c1-18-12-11-13-19(2)38(49)40-30-26(17-42)34(47)28-25(16-41)37(23(6)33(46)29(28)35(30)48)53-39(8,9)51-15-14-27(50-10)20(3)36(52-24(7)43)22(5)32(45)21(4)31(18)44/h11-18,20-22,27,31-32,36,44-48H,1-10H3,(H,40,49)/b12-11+,15-14+,19-13-/t18-,20+,21+,22+,27-,31-,32+,36+/m0/s1. The van der Waals surface area contributed by atoms with Crippen LogP contribution in [0.25, 0.3) is 10.8 Å². The van der Waals surface area contributed by atoms with E-state index in [-0.39, 0.29) is 28.7 Å². The molecule has 4 bridgehead atoms. The third-order valence-electron chi connectivity index (χ3n) is 9.78. The lowest BCUT2D eigenvalue weighted by Crippen LogP contribution is -2.46. The summed E-state index contributed by atoms with van der Waals surface area (Å²) in [5.41, 5.74) is -1.37. The van der Waals surface area contributed by atoms with Gasteiger partial charge in [0.25, 0.3) is 5.91 Å². The number of hydrogen-bond acceptors (Lipinski definition) is 13. The molecule has 0 aromatic heterocycles. The van der Waals surface area contributed by atoms with E-state index in [0.717, 1.165) is 0 Å². The monoisotopic (exact) mass is 741 g/mol. The van der Waals surface area contributed by atoms with Crippen molar-refractivity contribution in [1.82, 2.24) is 0 Å². The number of esters is 1. The fourth-order valence-electron chi connectivity index (χ4n) is 6.55. The number of aliphatic hydroxyl groups is 2. The molecule has 0 radical (unpaired) electrons. The molecule has 2 aromatic carbocycles. The van der Waals surface area contributed by atoms with E-state index >= 15 is 0 Å². The molecule has 14 heteroatoms. The van der Waals surface area contributed by atoms with Crippen LogP contribution >= 0.6 is 0 Å². The number of hydrogen-bond donors (Lipinski definition) is 6. The Morgan fingerprint density at radius 2 is 1.51 bits per heavy atom. The van der Waals surface area contributed by atoms with Crippen LogP contribution in [0.5, 0.6) is 23.0 Å². The first-order valence-corrected chi connectivity index (χ1v) is 17.2. The van der Waals surface area contributed by atoms with Crippen LogP contribution in [0, 0.1) is 30.6 Å². The Hall–Kier alpha value is -4.92. The largest absolute Gasteiger partial charge is 0.507 e. The number of benzene rings is 2.